The minimum Gasteiger partial charge on any atom is -0.394 e. The van der Waals surface area contributed by atoms with Crippen molar-refractivity contribution in [1.82, 2.24) is 5.32 Å². The van der Waals surface area contributed by atoms with Crippen LogP contribution in [0.5, 0.6) is 0 Å². The Balaban J connectivity index is 2.67. The molecule has 0 aliphatic heterocycles. The van der Waals surface area contributed by atoms with Crippen molar-refractivity contribution in [2.45, 2.75) is 25.2 Å². The summed E-state index contributed by atoms with van der Waals surface area (Å²) in [4.78, 5) is 0. The molecule has 5 heteroatoms. The van der Waals surface area contributed by atoms with Crippen LogP contribution < -0.4 is 5.32 Å². The lowest BCUT2D eigenvalue weighted by atomic mass is 10.1. The highest BCUT2D eigenvalue weighted by molar-refractivity contribution is 5.18. The third kappa shape index (κ3) is 3.50. The summed E-state index contributed by atoms with van der Waals surface area (Å²) in [7, 11) is 0. The fourth-order valence-corrected chi connectivity index (χ4v) is 1.39. The first-order valence-corrected chi connectivity index (χ1v) is 4.93. The van der Waals surface area contributed by atoms with Gasteiger partial charge in [0, 0.05) is 6.04 Å². The number of nitrogens with one attached hydrogen (secondary N) is 1. The zero-order chi connectivity index (χ0) is 12.2. The van der Waals surface area contributed by atoms with Gasteiger partial charge in [0.05, 0.1) is 6.61 Å². The molecular weight excluding hydrogens is 219 g/mol. The summed E-state index contributed by atoms with van der Waals surface area (Å²) >= 11 is 0. The summed E-state index contributed by atoms with van der Waals surface area (Å²) in [5, 5.41) is 11.0. The second kappa shape index (κ2) is 5.32. The smallest absolute Gasteiger partial charge is 0.394 e. The molecule has 0 saturated heterocycles. The molecule has 90 valence electrons. The number of hydrogen-bond acceptors (Lipinski definition) is 2. The summed E-state index contributed by atoms with van der Waals surface area (Å²) in [5.41, 5.74) is 0.755. The summed E-state index contributed by atoms with van der Waals surface area (Å²) in [5.74, 6) is 0. The monoisotopic (exact) mass is 233 g/mol. The van der Waals surface area contributed by atoms with E-state index >= 15 is 0 Å². The van der Waals surface area contributed by atoms with E-state index in [1.165, 1.54) is 0 Å². The van der Waals surface area contributed by atoms with Crippen LogP contribution in [0.15, 0.2) is 30.3 Å². The molecule has 16 heavy (non-hydrogen) atoms. The number of aliphatic hydroxyl groups excluding tert-OH is 1. The van der Waals surface area contributed by atoms with Gasteiger partial charge in [0.1, 0.15) is 6.04 Å². The first-order chi connectivity index (χ1) is 7.45. The van der Waals surface area contributed by atoms with Crippen molar-refractivity contribution in [3.05, 3.63) is 35.9 Å². The van der Waals surface area contributed by atoms with Crippen molar-refractivity contribution in [1.29, 1.82) is 0 Å². The summed E-state index contributed by atoms with van der Waals surface area (Å²) < 4.78 is 37.1. The van der Waals surface area contributed by atoms with Crippen molar-refractivity contribution < 1.29 is 18.3 Å². The van der Waals surface area contributed by atoms with E-state index in [1.54, 1.807) is 37.3 Å². The number of rotatable bonds is 4. The molecule has 0 saturated carbocycles. The normalized spacial score (nSPS) is 15.8. The lowest BCUT2D eigenvalue weighted by Gasteiger charge is -2.24. The Labute approximate surface area is 92.1 Å². The molecule has 0 aromatic heterocycles. The highest BCUT2D eigenvalue weighted by Gasteiger charge is 2.39. The Morgan fingerprint density at radius 1 is 1.25 bits per heavy atom. The van der Waals surface area contributed by atoms with Gasteiger partial charge in [-0.25, -0.2) is 0 Å². The Bertz CT molecular complexity index is 313. The molecule has 0 aliphatic carbocycles. The molecule has 0 bridgehead atoms. The van der Waals surface area contributed by atoms with Crippen LogP contribution >= 0.6 is 0 Å². The number of benzene rings is 1. The fourth-order valence-electron chi connectivity index (χ4n) is 1.39. The van der Waals surface area contributed by atoms with Gasteiger partial charge in [-0.3, -0.25) is 5.32 Å². The molecule has 1 rings (SSSR count). The van der Waals surface area contributed by atoms with E-state index < -0.39 is 24.9 Å². The highest BCUT2D eigenvalue weighted by Crippen LogP contribution is 2.22. The van der Waals surface area contributed by atoms with Gasteiger partial charge >= 0.3 is 6.18 Å². The summed E-state index contributed by atoms with van der Waals surface area (Å²) in [6.07, 6.45) is -4.43. The zero-order valence-electron chi connectivity index (χ0n) is 8.83. The molecule has 0 unspecified atom stereocenters. The topological polar surface area (TPSA) is 32.3 Å². The largest absolute Gasteiger partial charge is 0.406 e. The molecule has 1 aromatic rings. The van der Waals surface area contributed by atoms with Crippen LogP contribution in [-0.4, -0.2) is 23.9 Å². The number of halogens is 3. The third-order valence-electron chi connectivity index (χ3n) is 2.33. The molecule has 0 aliphatic rings. The second-order valence-corrected chi connectivity index (χ2v) is 3.58. The van der Waals surface area contributed by atoms with Gasteiger partial charge in [0.25, 0.3) is 0 Å². The van der Waals surface area contributed by atoms with E-state index in [9.17, 15) is 13.2 Å². The lowest BCUT2D eigenvalue weighted by molar-refractivity contribution is -0.165. The Morgan fingerprint density at radius 2 is 1.81 bits per heavy atom. The number of aliphatic hydroxyl groups is 1. The van der Waals surface area contributed by atoms with E-state index in [1.807, 2.05) is 0 Å². The Hall–Kier alpha value is -1.07. The maximum absolute atomic E-state index is 12.4. The van der Waals surface area contributed by atoms with Crippen molar-refractivity contribution in [2.24, 2.45) is 0 Å². The minimum absolute atomic E-state index is 0.458. The predicted octanol–water partition coefficient (Wildman–Crippen LogP) is 2.26. The third-order valence-corrected chi connectivity index (χ3v) is 2.33. The van der Waals surface area contributed by atoms with Crippen LogP contribution in [-0.2, 0) is 0 Å². The predicted molar refractivity (Wildman–Crippen MR) is 54.9 cm³/mol. The quantitative estimate of drug-likeness (QED) is 0.836. The Morgan fingerprint density at radius 3 is 2.25 bits per heavy atom. The molecule has 2 N–H and O–H groups in total. The molecule has 0 radical (unpaired) electrons. The average Bonchev–Trinajstić information content (AvgIpc) is 2.25. The van der Waals surface area contributed by atoms with Crippen molar-refractivity contribution in [3.63, 3.8) is 0 Å². The molecule has 0 fully saturated rings. The maximum Gasteiger partial charge on any atom is 0.406 e. The van der Waals surface area contributed by atoms with E-state index in [-0.39, 0.29) is 0 Å². The molecule has 0 amide bonds. The van der Waals surface area contributed by atoms with Gasteiger partial charge in [-0.15, -0.1) is 0 Å². The molecular formula is C11H14F3NO. The van der Waals surface area contributed by atoms with E-state index in [0.29, 0.717) is 0 Å². The molecule has 2 atom stereocenters. The van der Waals surface area contributed by atoms with Gasteiger partial charge in [-0.2, -0.15) is 13.2 Å². The molecule has 2 nitrogen and oxygen atoms in total. The van der Waals surface area contributed by atoms with Crippen molar-refractivity contribution in [2.75, 3.05) is 6.61 Å². The van der Waals surface area contributed by atoms with Gasteiger partial charge < -0.3 is 5.11 Å². The fraction of sp³-hybridized carbons (Fsp3) is 0.455. The van der Waals surface area contributed by atoms with Gasteiger partial charge in [-0.1, -0.05) is 30.3 Å². The molecule has 1 aromatic carbocycles. The summed E-state index contributed by atoms with van der Waals surface area (Å²) in [6, 6.07) is 6.45. The van der Waals surface area contributed by atoms with Crippen molar-refractivity contribution >= 4 is 0 Å². The van der Waals surface area contributed by atoms with Crippen LogP contribution in [0.2, 0.25) is 0 Å². The van der Waals surface area contributed by atoms with Gasteiger partial charge in [0.2, 0.25) is 0 Å². The lowest BCUT2D eigenvalue weighted by Crippen LogP contribution is -2.45. The summed E-state index contributed by atoms with van der Waals surface area (Å²) in [6.45, 7) is 0.671. The average molecular weight is 233 g/mol. The van der Waals surface area contributed by atoms with Crippen LogP contribution in [0.1, 0.15) is 18.5 Å². The van der Waals surface area contributed by atoms with E-state index in [2.05, 4.69) is 5.32 Å². The van der Waals surface area contributed by atoms with Gasteiger partial charge in [0.15, 0.2) is 0 Å². The number of alkyl halides is 3. The maximum atomic E-state index is 12.4. The van der Waals surface area contributed by atoms with E-state index in [4.69, 9.17) is 5.11 Å². The van der Waals surface area contributed by atoms with Crippen LogP contribution in [0, 0.1) is 0 Å². The van der Waals surface area contributed by atoms with Crippen LogP contribution in [0.25, 0.3) is 0 Å². The molecule has 0 heterocycles. The van der Waals surface area contributed by atoms with Gasteiger partial charge in [-0.05, 0) is 12.5 Å². The first-order valence-electron chi connectivity index (χ1n) is 4.93. The molecule has 0 spiro atoms. The minimum atomic E-state index is -4.43. The van der Waals surface area contributed by atoms with Crippen molar-refractivity contribution in [3.8, 4) is 0 Å². The highest BCUT2D eigenvalue weighted by atomic mass is 19.4. The van der Waals surface area contributed by atoms with Crippen LogP contribution in [0.4, 0.5) is 13.2 Å². The standard InChI is InChI=1S/C11H14F3NO/c1-8(9-5-3-2-4-6-9)15-10(7-16)11(12,13)14/h2-6,8,10,15-16H,7H2,1H3/t8-,10-/m1/s1. The Kier molecular flexibility index (Phi) is 4.32. The van der Waals surface area contributed by atoms with Crippen LogP contribution in [0.3, 0.4) is 0 Å². The SMILES string of the molecule is C[C@@H](N[C@H](CO)C(F)(F)F)c1ccccc1. The second-order valence-electron chi connectivity index (χ2n) is 3.58. The number of hydrogen-bond donors (Lipinski definition) is 2. The first kappa shape index (κ1) is 13.0. The van der Waals surface area contributed by atoms with E-state index in [0.717, 1.165) is 5.56 Å². The zero-order valence-corrected chi connectivity index (χ0v) is 8.83.